The fourth-order valence-corrected chi connectivity index (χ4v) is 5.69. The van der Waals surface area contributed by atoms with Crippen LogP contribution in [-0.2, 0) is 21.2 Å². The Labute approximate surface area is 210 Å². The minimum Gasteiger partial charge on any atom is -0.496 e. The molecule has 35 heavy (non-hydrogen) atoms. The molecule has 3 aromatic carbocycles. The molecule has 1 amide bonds. The molecule has 0 radical (unpaired) electrons. The van der Waals surface area contributed by atoms with Crippen LogP contribution >= 0.6 is 11.6 Å². The van der Waals surface area contributed by atoms with Gasteiger partial charge in [-0.1, -0.05) is 29.8 Å². The summed E-state index contributed by atoms with van der Waals surface area (Å²) in [5.41, 5.74) is 1.10. The molecule has 0 bridgehead atoms. The predicted molar refractivity (Wildman–Crippen MR) is 136 cm³/mol. The first kappa shape index (κ1) is 25.0. The lowest BCUT2D eigenvalue weighted by atomic mass is 10.1. The molecular formula is C26H27ClN2O5S. The Morgan fingerprint density at radius 3 is 2.43 bits per heavy atom. The number of halogens is 1. The van der Waals surface area contributed by atoms with E-state index in [9.17, 15) is 13.2 Å². The van der Waals surface area contributed by atoms with E-state index in [1.54, 1.807) is 36.4 Å². The third kappa shape index (κ3) is 6.14. The Balaban J connectivity index is 1.47. The molecule has 1 aliphatic rings. The molecule has 1 saturated heterocycles. The summed E-state index contributed by atoms with van der Waals surface area (Å²) in [7, 11) is -2.05. The van der Waals surface area contributed by atoms with Gasteiger partial charge in [-0.05, 0) is 73.4 Å². The minimum absolute atomic E-state index is 0.112. The van der Waals surface area contributed by atoms with E-state index in [1.807, 2.05) is 30.3 Å². The van der Waals surface area contributed by atoms with Crippen molar-refractivity contribution in [3.05, 3.63) is 77.3 Å². The summed E-state index contributed by atoms with van der Waals surface area (Å²) < 4.78 is 38.7. The van der Waals surface area contributed by atoms with Gasteiger partial charge in [-0.25, -0.2) is 8.42 Å². The molecule has 0 unspecified atom stereocenters. The van der Waals surface area contributed by atoms with Crippen molar-refractivity contribution >= 4 is 33.2 Å². The summed E-state index contributed by atoms with van der Waals surface area (Å²) in [5.74, 6) is 1.37. The van der Waals surface area contributed by atoms with Gasteiger partial charge < -0.3 is 14.8 Å². The van der Waals surface area contributed by atoms with E-state index in [2.05, 4.69) is 5.32 Å². The molecule has 1 fully saturated rings. The van der Waals surface area contributed by atoms with Gasteiger partial charge in [0, 0.05) is 24.5 Å². The number of rotatable bonds is 9. The van der Waals surface area contributed by atoms with Crippen molar-refractivity contribution in [2.24, 2.45) is 0 Å². The summed E-state index contributed by atoms with van der Waals surface area (Å²) in [5, 5.41) is 3.31. The lowest BCUT2D eigenvalue weighted by Crippen LogP contribution is -2.28. The zero-order valence-corrected chi connectivity index (χ0v) is 20.9. The second-order valence-electron chi connectivity index (χ2n) is 8.19. The van der Waals surface area contributed by atoms with E-state index in [-0.39, 0.29) is 17.2 Å². The number of ether oxygens (including phenoxy) is 2. The zero-order valence-electron chi connectivity index (χ0n) is 19.4. The molecule has 0 aliphatic carbocycles. The quantitative estimate of drug-likeness (QED) is 0.407. The first-order chi connectivity index (χ1) is 16.9. The number of para-hydroxylation sites is 1. The number of aryl methyl sites for hydroxylation is 1. The summed E-state index contributed by atoms with van der Waals surface area (Å²) in [6.07, 6.45) is 2.14. The highest BCUT2D eigenvalue weighted by Gasteiger charge is 2.27. The molecule has 1 aliphatic heterocycles. The first-order valence-electron chi connectivity index (χ1n) is 11.4. The monoisotopic (exact) mass is 514 g/mol. The number of anilines is 1. The van der Waals surface area contributed by atoms with E-state index in [0.717, 1.165) is 12.8 Å². The van der Waals surface area contributed by atoms with Crippen LogP contribution in [0, 0.1) is 0 Å². The number of sulfonamides is 1. The van der Waals surface area contributed by atoms with Crippen molar-refractivity contribution < 1.29 is 22.7 Å². The topological polar surface area (TPSA) is 84.9 Å². The Bertz CT molecular complexity index is 1290. The van der Waals surface area contributed by atoms with Gasteiger partial charge in [-0.3, -0.25) is 4.79 Å². The number of nitrogens with zero attached hydrogens (tertiary/aromatic N) is 1. The van der Waals surface area contributed by atoms with Crippen molar-refractivity contribution in [2.75, 3.05) is 25.5 Å². The van der Waals surface area contributed by atoms with Crippen LogP contribution in [0.1, 0.15) is 24.8 Å². The van der Waals surface area contributed by atoms with Crippen LogP contribution in [0.4, 0.5) is 5.69 Å². The van der Waals surface area contributed by atoms with E-state index in [4.69, 9.17) is 21.1 Å². The average molecular weight is 515 g/mol. The molecule has 184 valence electrons. The molecule has 3 aromatic rings. The minimum atomic E-state index is -3.57. The standard InChI is InChI=1S/C26H27ClN2O5S/c1-33-24-13-11-22(35(31,32)29-15-5-6-16-29)17-19(24)9-14-26(30)28-23-18-20(27)10-12-25(23)34-21-7-3-2-4-8-21/h2-4,7-8,10-13,17-18H,5-6,9,14-16H2,1H3,(H,28,30). The van der Waals surface area contributed by atoms with E-state index in [0.29, 0.717) is 53.0 Å². The van der Waals surface area contributed by atoms with E-state index in [1.165, 1.54) is 11.4 Å². The Morgan fingerprint density at radius 2 is 1.71 bits per heavy atom. The van der Waals surface area contributed by atoms with Crippen LogP contribution in [0.25, 0.3) is 0 Å². The van der Waals surface area contributed by atoms with Gasteiger partial charge in [-0.15, -0.1) is 0 Å². The van der Waals surface area contributed by atoms with Crippen molar-refractivity contribution in [1.29, 1.82) is 0 Å². The largest absolute Gasteiger partial charge is 0.496 e. The summed E-state index contributed by atoms with van der Waals surface area (Å²) >= 11 is 6.15. The zero-order chi connectivity index (χ0) is 24.8. The van der Waals surface area contributed by atoms with Crippen LogP contribution in [0.2, 0.25) is 5.02 Å². The van der Waals surface area contributed by atoms with Crippen molar-refractivity contribution in [2.45, 2.75) is 30.6 Å². The van der Waals surface area contributed by atoms with Gasteiger partial charge >= 0.3 is 0 Å². The Kier molecular flexibility index (Phi) is 7.95. The van der Waals surface area contributed by atoms with Gasteiger partial charge in [0.1, 0.15) is 11.5 Å². The molecule has 4 rings (SSSR count). The van der Waals surface area contributed by atoms with Crippen molar-refractivity contribution in [3.8, 4) is 17.2 Å². The third-order valence-electron chi connectivity index (χ3n) is 5.76. The highest BCUT2D eigenvalue weighted by molar-refractivity contribution is 7.89. The molecule has 0 saturated carbocycles. The molecule has 0 aromatic heterocycles. The second-order valence-corrected chi connectivity index (χ2v) is 10.6. The lowest BCUT2D eigenvalue weighted by Gasteiger charge is -2.17. The van der Waals surface area contributed by atoms with Crippen LogP contribution in [-0.4, -0.2) is 38.8 Å². The molecule has 1 N–H and O–H groups in total. The lowest BCUT2D eigenvalue weighted by molar-refractivity contribution is -0.116. The number of hydrogen-bond acceptors (Lipinski definition) is 5. The summed E-state index contributed by atoms with van der Waals surface area (Å²) in [4.78, 5) is 13.0. The van der Waals surface area contributed by atoms with Crippen LogP contribution in [0.3, 0.4) is 0 Å². The van der Waals surface area contributed by atoms with Crippen molar-refractivity contribution in [3.63, 3.8) is 0 Å². The Hall–Kier alpha value is -3.07. The van der Waals surface area contributed by atoms with Gasteiger partial charge in [0.2, 0.25) is 15.9 Å². The summed E-state index contributed by atoms with van der Waals surface area (Å²) in [6, 6.07) is 19.0. The highest BCUT2D eigenvalue weighted by Crippen LogP contribution is 2.32. The molecule has 9 heteroatoms. The van der Waals surface area contributed by atoms with Crippen molar-refractivity contribution in [1.82, 2.24) is 4.31 Å². The maximum atomic E-state index is 13.0. The molecular weight excluding hydrogens is 488 g/mol. The number of carbonyl (C=O) groups excluding carboxylic acids is 1. The number of carbonyl (C=O) groups is 1. The van der Waals surface area contributed by atoms with Gasteiger partial charge in [0.15, 0.2) is 5.75 Å². The van der Waals surface area contributed by atoms with Crippen LogP contribution in [0.5, 0.6) is 17.2 Å². The maximum Gasteiger partial charge on any atom is 0.243 e. The number of amides is 1. The predicted octanol–water partition coefficient (Wildman–Crippen LogP) is 5.50. The average Bonchev–Trinajstić information content (AvgIpc) is 3.41. The van der Waals surface area contributed by atoms with Crippen LogP contribution in [0.15, 0.2) is 71.6 Å². The Morgan fingerprint density at radius 1 is 1.00 bits per heavy atom. The van der Waals surface area contributed by atoms with Gasteiger partial charge in [0.05, 0.1) is 17.7 Å². The van der Waals surface area contributed by atoms with Gasteiger partial charge in [0.25, 0.3) is 0 Å². The number of methoxy groups -OCH3 is 1. The second kappa shape index (κ2) is 11.1. The maximum absolute atomic E-state index is 13.0. The summed E-state index contributed by atoms with van der Waals surface area (Å²) in [6.45, 7) is 1.05. The first-order valence-corrected chi connectivity index (χ1v) is 13.2. The van der Waals surface area contributed by atoms with Gasteiger partial charge in [-0.2, -0.15) is 4.31 Å². The fraction of sp³-hybridized carbons (Fsp3) is 0.269. The smallest absolute Gasteiger partial charge is 0.243 e. The molecule has 1 heterocycles. The molecule has 0 spiro atoms. The molecule has 0 atom stereocenters. The normalized spacial score (nSPS) is 14.0. The third-order valence-corrected chi connectivity index (χ3v) is 7.89. The number of benzene rings is 3. The van der Waals surface area contributed by atoms with Crippen LogP contribution < -0.4 is 14.8 Å². The number of hydrogen-bond donors (Lipinski definition) is 1. The SMILES string of the molecule is COc1ccc(S(=O)(=O)N2CCCC2)cc1CCC(=O)Nc1cc(Cl)ccc1Oc1ccccc1. The van der Waals surface area contributed by atoms with E-state index < -0.39 is 10.0 Å². The fourth-order valence-electron chi connectivity index (χ4n) is 3.95. The number of nitrogens with one attached hydrogen (secondary N) is 1. The molecule has 7 nitrogen and oxygen atoms in total. The van der Waals surface area contributed by atoms with E-state index >= 15 is 0 Å². The highest BCUT2D eigenvalue weighted by atomic mass is 35.5.